The lowest BCUT2D eigenvalue weighted by atomic mass is 9.88. The minimum Gasteiger partial charge on any atom is -0.493 e. The highest BCUT2D eigenvalue weighted by Crippen LogP contribution is 2.50. The average Bonchev–Trinajstić information content (AvgIpc) is 3.16. The summed E-state index contributed by atoms with van der Waals surface area (Å²) in [7, 11) is 1.45. The van der Waals surface area contributed by atoms with E-state index in [9.17, 15) is 23.9 Å². The number of hydrogen-bond donors (Lipinski definition) is 3. The molecule has 8 nitrogen and oxygen atoms in total. The van der Waals surface area contributed by atoms with Crippen LogP contribution < -0.4 is 20.5 Å². The van der Waals surface area contributed by atoms with Crippen LogP contribution in [0.3, 0.4) is 0 Å². The fourth-order valence-electron chi connectivity index (χ4n) is 3.80. The molecule has 170 valence electrons. The number of amides is 2. The Morgan fingerprint density at radius 1 is 1.24 bits per heavy atom. The largest absolute Gasteiger partial charge is 0.493 e. The Kier molecular flexibility index (Phi) is 6.01. The van der Waals surface area contributed by atoms with Crippen molar-refractivity contribution in [2.45, 2.75) is 12.3 Å². The van der Waals surface area contributed by atoms with Crippen LogP contribution in [-0.4, -0.2) is 36.6 Å². The number of methoxy groups -OCH3 is 1. The Bertz CT molecular complexity index is 1270. The van der Waals surface area contributed by atoms with E-state index in [0.29, 0.717) is 27.4 Å². The average molecular weight is 470 g/mol. The Hall–Kier alpha value is -3.92. The molecule has 0 bridgehead atoms. The highest BCUT2D eigenvalue weighted by atomic mass is 32.1. The zero-order valence-corrected chi connectivity index (χ0v) is 18.2. The Morgan fingerprint density at radius 2 is 2.03 bits per heavy atom. The van der Waals surface area contributed by atoms with Crippen LogP contribution in [0.15, 0.2) is 42.5 Å². The monoisotopic (exact) mass is 470 g/mol. The number of nitrogens with one attached hydrogen (secondary N) is 1. The smallest absolute Gasteiger partial charge is 0.346 e. The summed E-state index contributed by atoms with van der Waals surface area (Å²) in [6, 6.07) is 10.6. The molecule has 4 N–H and O–H groups in total. The maximum absolute atomic E-state index is 13.9. The summed E-state index contributed by atoms with van der Waals surface area (Å²) in [6.07, 6.45) is 0.0662. The van der Waals surface area contributed by atoms with Gasteiger partial charge < -0.3 is 25.6 Å². The molecule has 0 aliphatic carbocycles. The number of fused-ring (bicyclic) bond motifs is 1. The molecule has 0 fully saturated rings. The normalized spacial score (nSPS) is 14.8. The van der Waals surface area contributed by atoms with Crippen molar-refractivity contribution < 1.29 is 33.4 Å². The lowest BCUT2D eigenvalue weighted by Gasteiger charge is -2.24. The number of halogens is 1. The minimum atomic E-state index is -1.18. The first kappa shape index (κ1) is 22.3. The van der Waals surface area contributed by atoms with Gasteiger partial charge in [0.1, 0.15) is 10.7 Å². The second-order valence-corrected chi connectivity index (χ2v) is 8.38. The molecule has 2 aromatic carbocycles. The zero-order chi connectivity index (χ0) is 23.7. The van der Waals surface area contributed by atoms with Crippen molar-refractivity contribution in [2.75, 3.05) is 19.0 Å². The lowest BCUT2D eigenvalue weighted by molar-refractivity contribution is -0.120. The topological polar surface area (TPSA) is 128 Å². The molecule has 0 radical (unpaired) electrons. The number of benzene rings is 2. The SMILES string of the molecule is COc1ccc(C2CC(=O)Nc3c2sc(C(=O)O)c3-c2cccc(F)c2)cc1OCC(N)=O. The summed E-state index contributed by atoms with van der Waals surface area (Å²) in [5.41, 5.74) is 6.79. The molecular weight excluding hydrogens is 451 g/mol. The molecular formula is C23H19FN2O6S. The van der Waals surface area contributed by atoms with E-state index in [1.807, 2.05) is 0 Å². The van der Waals surface area contributed by atoms with Gasteiger partial charge in [0, 0.05) is 22.8 Å². The van der Waals surface area contributed by atoms with Gasteiger partial charge in [0.15, 0.2) is 18.1 Å². The number of carbonyl (C=O) groups excluding carboxylic acids is 2. The van der Waals surface area contributed by atoms with Gasteiger partial charge in [-0.1, -0.05) is 18.2 Å². The maximum Gasteiger partial charge on any atom is 0.346 e. The van der Waals surface area contributed by atoms with Crippen LogP contribution in [-0.2, 0) is 9.59 Å². The van der Waals surface area contributed by atoms with E-state index in [2.05, 4.69) is 5.32 Å². The molecule has 1 aliphatic heterocycles. The molecule has 10 heteroatoms. The van der Waals surface area contributed by atoms with Crippen molar-refractivity contribution >= 4 is 34.8 Å². The Balaban J connectivity index is 1.85. The second-order valence-electron chi connectivity index (χ2n) is 7.33. The number of carboxylic acids is 1. The molecule has 1 aliphatic rings. The number of primary amides is 1. The maximum atomic E-state index is 13.9. The van der Waals surface area contributed by atoms with Crippen molar-refractivity contribution in [1.29, 1.82) is 0 Å². The number of carboxylic acid groups (broad SMARTS) is 1. The quantitative estimate of drug-likeness (QED) is 0.484. The Morgan fingerprint density at radius 3 is 2.70 bits per heavy atom. The summed E-state index contributed by atoms with van der Waals surface area (Å²) in [5.74, 6) is -2.52. The van der Waals surface area contributed by atoms with E-state index in [1.165, 1.54) is 25.3 Å². The summed E-state index contributed by atoms with van der Waals surface area (Å²) >= 11 is 1.03. The molecule has 0 saturated heterocycles. The van der Waals surface area contributed by atoms with Gasteiger partial charge in [-0.3, -0.25) is 9.59 Å². The van der Waals surface area contributed by atoms with E-state index in [1.54, 1.807) is 24.3 Å². The molecule has 1 aromatic heterocycles. The molecule has 1 atom stereocenters. The summed E-state index contributed by atoms with van der Waals surface area (Å²) in [6.45, 7) is -0.359. The molecule has 0 saturated carbocycles. The summed E-state index contributed by atoms with van der Waals surface area (Å²) in [4.78, 5) is 36.4. The number of carbonyl (C=O) groups is 3. The van der Waals surface area contributed by atoms with Crippen molar-refractivity contribution in [2.24, 2.45) is 5.73 Å². The standard InChI is InChI=1S/C23H19FN2O6S/c1-31-15-6-5-11(8-16(15)32-10-17(25)27)14-9-18(28)26-20-19(12-3-2-4-13(24)7-12)22(23(29)30)33-21(14)20/h2-8,14H,9-10H2,1H3,(H2,25,27)(H,26,28)(H,29,30). The van der Waals surface area contributed by atoms with Crippen LogP contribution >= 0.6 is 11.3 Å². The van der Waals surface area contributed by atoms with Crippen LogP contribution in [0.2, 0.25) is 0 Å². The first-order valence-electron chi connectivity index (χ1n) is 9.83. The first-order chi connectivity index (χ1) is 15.8. The molecule has 0 spiro atoms. The van der Waals surface area contributed by atoms with Crippen molar-refractivity contribution in [3.8, 4) is 22.6 Å². The molecule has 4 rings (SSSR count). The van der Waals surface area contributed by atoms with Crippen molar-refractivity contribution in [1.82, 2.24) is 0 Å². The third kappa shape index (κ3) is 4.37. The highest BCUT2D eigenvalue weighted by Gasteiger charge is 2.35. The first-order valence-corrected chi connectivity index (χ1v) is 10.6. The number of ether oxygens (including phenoxy) is 2. The summed E-state index contributed by atoms with van der Waals surface area (Å²) < 4.78 is 24.6. The van der Waals surface area contributed by atoms with Gasteiger partial charge in [0.2, 0.25) is 5.91 Å². The van der Waals surface area contributed by atoms with Gasteiger partial charge in [-0.05, 0) is 35.4 Å². The van der Waals surface area contributed by atoms with Gasteiger partial charge in [-0.15, -0.1) is 11.3 Å². The number of anilines is 1. The van der Waals surface area contributed by atoms with Crippen LogP contribution in [0.25, 0.3) is 11.1 Å². The highest BCUT2D eigenvalue weighted by molar-refractivity contribution is 7.15. The van der Waals surface area contributed by atoms with Crippen LogP contribution in [0, 0.1) is 5.82 Å². The zero-order valence-electron chi connectivity index (χ0n) is 17.4. The van der Waals surface area contributed by atoms with Gasteiger partial charge in [-0.2, -0.15) is 0 Å². The predicted molar refractivity (Wildman–Crippen MR) is 119 cm³/mol. The van der Waals surface area contributed by atoms with Crippen LogP contribution in [0.4, 0.5) is 10.1 Å². The Labute approximate surface area is 191 Å². The fraction of sp³-hybridized carbons (Fsp3) is 0.174. The van der Waals surface area contributed by atoms with Crippen LogP contribution in [0.1, 0.15) is 32.5 Å². The number of thiophene rings is 1. The number of nitrogens with two attached hydrogens (primary N) is 1. The van der Waals surface area contributed by atoms with E-state index in [0.717, 1.165) is 11.3 Å². The molecule has 3 aromatic rings. The van der Waals surface area contributed by atoms with Crippen LogP contribution in [0.5, 0.6) is 11.5 Å². The van der Waals surface area contributed by atoms with E-state index in [4.69, 9.17) is 15.2 Å². The second kappa shape index (κ2) is 8.91. The molecule has 33 heavy (non-hydrogen) atoms. The van der Waals surface area contributed by atoms with Gasteiger partial charge in [0.05, 0.1) is 12.8 Å². The van der Waals surface area contributed by atoms with Crippen molar-refractivity contribution in [3.63, 3.8) is 0 Å². The predicted octanol–water partition coefficient (Wildman–Crippen LogP) is 3.60. The van der Waals surface area contributed by atoms with Gasteiger partial charge in [0.25, 0.3) is 5.91 Å². The van der Waals surface area contributed by atoms with Crippen molar-refractivity contribution in [3.05, 3.63) is 63.6 Å². The summed E-state index contributed by atoms with van der Waals surface area (Å²) in [5, 5.41) is 12.6. The number of aromatic carboxylic acids is 1. The third-order valence-corrected chi connectivity index (χ3v) is 6.46. The molecule has 1 unspecified atom stereocenters. The third-order valence-electron chi connectivity index (χ3n) is 5.17. The molecule has 2 amide bonds. The number of hydrogen-bond acceptors (Lipinski definition) is 6. The van der Waals surface area contributed by atoms with Gasteiger partial charge in [-0.25, -0.2) is 9.18 Å². The minimum absolute atomic E-state index is 0.00323. The lowest BCUT2D eigenvalue weighted by Crippen LogP contribution is -2.23. The fourth-order valence-corrected chi connectivity index (χ4v) is 5.04. The van der Waals surface area contributed by atoms with E-state index >= 15 is 0 Å². The van der Waals surface area contributed by atoms with E-state index in [-0.39, 0.29) is 35.1 Å². The van der Waals surface area contributed by atoms with E-state index < -0.39 is 23.6 Å². The molecule has 2 heterocycles. The number of rotatable bonds is 7. The van der Waals surface area contributed by atoms with Gasteiger partial charge >= 0.3 is 5.97 Å².